The fourth-order valence-corrected chi connectivity index (χ4v) is 5.35. The van der Waals surface area contributed by atoms with Gasteiger partial charge < -0.3 is 5.11 Å². The lowest BCUT2D eigenvalue weighted by Gasteiger charge is -2.28. The summed E-state index contributed by atoms with van der Waals surface area (Å²) in [7, 11) is -3.88. The van der Waals surface area contributed by atoms with Crippen molar-refractivity contribution in [1.29, 1.82) is 0 Å². The predicted octanol–water partition coefficient (Wildman–Crippen LogP) is 1.80. The Hall–Kier alpha value is -1.23. The summed E-state index contributed by atoms with van der Waals surface area (Å²) in [4.78, 5) is 20.8. The van der Waals surface area contributed by atoms with Crippen molar-refractivity contribution in [1.82, 2.24) is 4.31 Å². The Bertz CT molecular complexity index is 678. The molecule has 2 rings (SSSR count). The molecule has 1 aliphatic rings. The molecular formula is C10H11ClN2O6S2. The van der Waals surface area contributed by atoms with Crippen LogP contribution in [-0.2, 0) is 14.8 Å². The molecule has 1 fully saturated rings. The largest absolute Gasteiger partial charge is 0.481 e. The molecule has 8 nitrogen and oxygen atoms in total. The number of rotatable bonds is 4. The Morgan fingerprint density at radius 1 is 1.48 bits per heavy atom. The number of sulfonamides is 1. The summed E-state index contributed by atoms with van der Waals surface area (Å²) in [5.74, 6) is -1.50. The van der Waals surface area contributed by atoms with Crippen molar-refractivity contribution in [2.24, 2.45) is 5.92 Å². The number of aliphatic carboxylic acids is 1. The Balaban J connectivity index is 2.21. The number of carboxylic acid groups (broad SMARTS) is 1. The molecule has 1 aliphatic heterocycles. The molecule has 1 aromatic rings. The number of hydrogen-bond acceptors (Lipinski definition) is 6. The Kier molecular flexibility index (Phi) is 4.51. The summed E-state index contributed by atoms with van der Waals surface area (Å²) in [5, 5.41) is 19.6. The number of thiophene rings is 1. The van der Waals surface area contributed by atoms with Crippen molar-refractivity contribution in [2.45, 2.75) is 17.1 Å². The maximum absolute atomic E-state index is 12.4. The lowest BCUT2D eigenvalue weighted by molar-refractivity contribution is -0.384. The first-order valence-electron chi connectivity index (χ1n) is 5.90. The second-order valence-corrected chi connectivity index (χ2v) is 8.32. The molecule has 0 atom stereocenters. The van der Waals surface area contributed by atoms with Gasteiger partial charge in [0.05, 0.1) is 10.8 Å². The Morgan fingerprint density at radius 2 is 2.05 bits per heavy atom. The van der Waals surface area contributed by atoms with Crippen LogP contribution in [-0.4, -0.2) is 41.8 Å². The van der Waals surface area contributed by atoms with Crippen molar-refractivity contribution in [3.63, 3.8) is 0 Å². The number of carboxylic acids is 1. The summed E-state index contributed by atoms with van der Waals surface area (Å²) in [5.41, 5.74) is -0.444. The van der Waals surface area contributed by atoms with Crippen LogP contribution in [0.5, 0.6) is 0 Å². The zero-order chi connectivity index (χ0) is 15.8. The minimum Gasteiger partial charge on any atom is -0.481 e. The SMILES string of the molecule is O=C(O)C1CCN(S(=O)(=O)c2cc([N+](=O)[O-])c(Cl)s2)CC1. The maximum Gasteiger partial charge on any atom is 0.306 e. The van der Waals surface area contributed by atoms with Gasteiger partial charge in [-0.05, 0) is 12.8 Å². The van der Waals surface area contributed by atoms with E-state index in [4.69, 9.17) is 16.7 Å². The minimum absolute atomic E-state index is 0.0720. The van der Waals surface area contributed by atoms with E-state index in [1.54, 1.807) is 0 Å². The Morgan fingerprint density at radius 3 is 2.48 bits per heavy atom. The van der Waals surface area contributed by atoms with E-state index >= 15 is 0 Å². The molecule has 0 aromatic carbocycles. The van der Waals surface area contributed by atoms with E-state index in [9.17, 15) is 23.3 Å². The van der Waals surface area contributed by atoms with E-state index < -0.39 is 32.5 Å². The highest BCUT2D eigenvalue weighted by Crippen LogP contribution is 2.38. The van der Waals surface area contributed by atoms with Crippen LogP contribution in [0.4, 0.5) is 5.69 Å². The van der Waals surface area contributed by atoms with Gasteiger partial charge in [0.1, 0.15) is 4.21 Å². The molecule has 0 amide bonds. The quantitative estimate of drug-likeness (QED) is 0.650. The maximum atomic E-state index is 12.4. The number of piperidine rings is 1. The molecule has 11 heteroatoms. The summed E-state index contributed by atoms with van der Waals surface area (Å²) in [6.45, 7) is 0.144. The van der Waals surface area contributed by atoms with Crippen LogP contribution in [0.1, 0.15) is 12.8 Å². The summed E-state index contributed by atoms with van der Waals surface area (Å²) >= 11 is 6.29. The van der Waals surface area contributed by atoms with E-state index in [2.05, 4.69) is 0 Å². The number of nitro groups is 1. The van der Waals surface area contributed by atoms with E-state index in [1.807, 2.05) is 0 Å². The van der Waals surface area contributed by atoms with Gasteiger partial charge in [-0.2, -0.15) is 4.31 Å². The van der Waals surface area contributed by atoms with Crippen molar-refractivity contribution < 1.29 is 23.2 Å². The first-order chi connectivity index (χ1) is 9.73. The van der Waals surface area contributed by atoms with Gasteiger partial charge in [0, 0.05) is 19.2 Å². The van der Waals surface area contributed by atoms with Crippen molar-refractivity contribution >= 4 is 44.6 Å². The number of carbonyl (C=O) groups is 1. The molecule has 0 radical (unpaired) electrons. The van der Waals surface area contributed by atoms with Gasteiger partial charge in [0.2, 0.25) is 0 Å². The highest BCUT2D eigenvalue weighted by Gasteiger charge is 2.34. The highest BCUT2D eigenvalue weighted by molar-refractivity contribution is 7.91. The van der Waals surface area contributed by atoms with Gasteiger partial charge in [-0.25, -0.2) is 8.42 Å². The normalized spacial score (nSPS) is 17.8. The van der Waals surface area contributed by atoms with Crippen molar-refractivity contribution in [2.75, 3.05) is 13.1 Å². The van der Waals surface area contributed by atoms with E-state index in [0.717, 1.165) is 10.4 Å². The van der Waals surface area contributed by atoms with Crippen LogP contribution in [0, 0.1) is 16.0 Å². The average molecular weight is 355 g/mol. The predicted molar refractivity (Wildman–Crippen MR) is 75.1 cm³/mol. The highest BCUT2D eigenvalue weighted by atomic mass is 35.5. The van der Waals surface area contributed by atoms with E-state index in [1.165, 1.54) is 0 Å². The topological polar surface area (TPSA) is 118 Å². The summed E-state index contributed by atoms with van der Waals surface area (Å²) in [6, 6.07) is 0.936. The fourth-order valence-electron chi connectivity index (χ4n) is 2.06. The number of halogens is 1. The fraction of sp³-hybridized carbons (Fsp3) is 0.500. The lowest BCUT2D eigenvalue weighted by Crippen LogP contribution is -2.39. The molecule has 21 heavy (non-hydrogen) atoms. The van der Waals surface area contributed by atoms with E-state index in [0.29, 0.717) is 11.3 Å². The first-order valence-corrected chi connectivity index (χ1v) is 8.53. The van der Waals surface area contributed by atoms with Gasteiger partial charge in [0.25, 0.3) is 15.7 Å². The summed E-state index contributed by atoms with van der Waals surface area (Å²) < 4.78 is 25.5. The second-order valence-electron chi connectivity index (χ2n) is 4.50. The van der Waals surface area contributed by atoms with Gasteiger partial charge in [0.15, 0.2) is 4.34 Å². The first kappa shape index (κ1) is 16.1. The van der Waals surface area contributed by atoms with Crippen molar-refractivity contribution in [3.05, 3.63) is 20.5 Å². The third-order valence-corrected chi connectivity index (χ3v) is 6.93. The standard InChI is InChI=1S/C10H11ClN2O6S2/c11-9-7(13(16)17)5-8(20-9)21(18,19)12-3-1-6(2-4-12)10(14)15/h5-6H,1-4H2,(H,14,15). The van der Waals surface area contributed by atoms with Gasteiger partial charge >= 0.3 is 5.97 Å². The molecule has 2 heterocycles. The molecule has 0 aliphatic carbocycles. The molecule has 1 aromatic heterocycles. The van der Waals surface area contributed by atoms with Crippen LogP contribution in [0.2, 0.25) is 4.34 Å². The van der Waals surface area contributed by atoms with Crippen LogP contribution < -0.4 is 0 Å². The lowest BCUT2D eigenvalue weighted by atomic mass is 9.99. The minimum atomic E-state index is -3.88. The molecule has 0 unspecified atom stereocenters. The molecule has 1 N–H and O–H groups in total. The second kappa shape index (κ2) is 5.87. The third-order valence-electron chi connectivity index (χ3n) is 3.24. The van der Waals surface area contributed by atoms with Crippen LogP contribution in [0.15, 0.2) is 10.3 Å². The average Bonchev–Trinajstić information content (AvgIpc) is 2.82. The van der Waals surface area contributed by atoms with Gasteiger partial charge in [-0.1, -0.05) is 11.6 Å². The van der Waals surface area contributed by atoms with Crippen molar-refractivity contribution in [3.8, 4) is 0 Å². The van der Waals surface area contributed by atoms with Gasteiger partial charge in [-0.15, -0.1) is 11.3 Å². The van der Waals surface area contributed by atoms with Crippen LogP contribution >= 0.6 is 22.9 Å². The summed E-state index contributed by atoms with van der Waals surface area (Å²) in [6.07, 6.45) is 0.436. The molecular weight excluding hydrogens is 344 g/mol. The zero-order valence-electron chi connectivity index (χ0n) is 10.6. The smallest absolute Gasteiger partial charge is 0.306 e. The monoisotopic (exact) mass is 354 g/mol. The van der Waals surface area contributed by atoms with Crippen LogP contribution in [0.25, 0.3) is 0 Å². The number of nitrogens with zero attached hydrogens (tertiary/aromatic N) is 2. The third kappa shape index (κ3) is 3.18. The van der Waals surface area contributed by atoms with Gasteiger partial charge in [-0.3, -0.25) is 14.9 Å². The molecule has 1 saturated heterocycles. The Labute approximate surface area is 129 Å². The van der Waals surface area contributed by atoms with Crippen LogP contribution in [0.3, 0.4) is 0 Å². The molecule has 116 valence electrons. The number of hydrogen-bond donors (Lipinski definition) is 1. The zero-order valence-corrected chi connectivity index (χ0v) is 12.9. The molecule has 0 bridgehead atoms. The molecule has 0 spiro atoms. The van der Waals surface area contributed by atoms with E-state index in [-0.39, 0.29) is 34.5 Å². The molecule has 0 saturated carbocycles.